The predicted octanol–water partition coefficient (Wildman–Crippen LogP) is 3.64. The number of anilines is 1. The van der Waals surface area contributed by atoms with E-state index in [-0.39, 0.29) is 0 Å². The second kappa shape index (κ2) is 5.32. The van der Waals surface area contributed by atoms with E-state index in [0.29, 0.717) is 11.8 Å². The lowest BCUT2D eigenvalue weighted by Crippen LogP contribution is -2.18. The first kappa shape index (κ1) is 12.0. The van der Waals surface area contributed by atoms with E-state index in [1.54, 1.807) is 24.0 Å². The molecule has 4 nitrogen and oxygen atoms in total. The van der Waals surface area contributed by atoms with Gasteiger partial charge in [-0.3, -0.25) is 0 Å². The number of allylic oxidation sites excluding steroid dienone is 1. The van der Waals surface area contributed by atoms with Crippen LogP contribution in [0.5, 0.6) is 11.6 Å². The molecule has 5 heteroatoms. The molecule has 0 unspecified atom stereocenters. The molecule has 1 aliphatic rings. The van der Waals surface area contributed by atoms with Gasteiger partial charge in [0.1, 0.15) is 5.75 Å². The molecule has 19 heavy (non-hydrogen) atoms. The van der Waals surface area contributed by atoms with Gasteiger partial charge in [-0.15, -0.1) is 11.8 Å². The minimum Gasteiger partial charge on any atom is -0.439 e. The van der Waals surface area contributed by atoms with Gasteiger partial charge in [0.2, 0.25) is 11.8 Å². The second-order valence-electron chi connectivity index (χ2n) is 4.09. The summed E-state index contributed by atoms with van der Waals surface area (Å²) >= 11 is 1.74. The number of nitrogens with zero attached hydrogens (tertiary/aromatic N) is 3. The van der Waals surface area contributed by atoms with E-state index < -0.39 is 0 Å². The molecule has 0 N–H and O–H groups in total. The van der Waals surface area contributed by atoms with Gasteiger partial charge in [-0.25, -0.2) is 4.98 Å². The fourth-order valence-corrected chi connectivity index (χ4v) is 2.65. The third kappa shape index (κ3) is 2.71. The van der Waals surface area contributed by atoms with Crippen LogP contribution < -0.4 is 9.64 Å². The van der Waals surface area contributed by atoms with Crippen molar-refractivity contribution >= 4 is 17.7 Å². The lowest BCUT2D eigenvalue weighted by Gasteiger charge is -2.17. The zero-order valence-corrected chi connectivity index (χ0v) is 11.3. The lowest BCUT2D eigenvalue weighted by molar-refractivity contribution is 0.461. The fourth-order valence-electron chi connectivity index (χ4n) is 1.74. The van der Waals surface area contributed by atoms with Crippen LogP contribution in [0.3, 0.4) is 0 Å². The molecule has 0 atom stereocenters. The van der Waals surface area contributed by atoms with Crippen LogP contribution in [0.1, 0.15) is 6.92 Å². The standard InChI is InChI=1S/C14H13N3OS/c1-11-9-19-10-17(11)14-15-8-7-13(16-14)18-12-5-3-2-4-6-12/h2-9H,10H2,1H3. The summed E-state index contributed by atoms with van der Waals surface area (Å²) in [6.45, 7) is 2.05. The number of aromatic nitrogens is 2. The minimum atomic E-state index is 0.556. The first-order chi connectivity index (χ1) is 9.33. The van der Waals surface area contributed by atoms with Crippen LogP contribution in [0.15, 0.2) is 53.7 Å². The quantitative estimate of drug-likeness (QED) is 0.852. The minimum absolute atomic E-state index is 0.556. The highest BCUT2D eigenvalue weighted by molar-refractivity contribution is 8.02. The number of thioether (sulfide) groups is 1. The van der Waals surface area contributed by atoms with Crippen LogP contribution in [0.25, 0.3) is 0 Å². The monoisotopic (exact) mass is 271 g/mol. The van der Waals surface area contributed by atoms with E-state index in [4.69, 9.17) is 4.74 Å². The van der Waals surface area contributed by atoms with Gasteiger partial charge in [-0.1, -0.05) is 18.2 Å². The SMILES string of the molecule is CC1=CSCN1c1nccc(Oc2ccccc2)n1. The molecule has 0 saturated heterocycles. The van der Waals surface area contributed by atoms with Gasteiger partial charge < -0.3 is 9.64 Å². The Morgan fingerprint density at radius 1 is 1.21 bits per heavy atom. The molecule has 96 valence electrons. The van der Waals surface area contributed by atoms with Crippen LogP contribution in [-0.2, 0) is 0 Å². The van der Waals surface area contributed by atoms with Gasteiger partial charge in [0.05, 0.1) is 5.88 Å². The van der Waals surface area contributed by atoms with E-state index in [2.05, 4.69) is 20.3 Å². The molecule has 0 aliphatic carbocycles. The molecule has 0 amide bonds. The van der Waals surface area contributed by atoms with Crippen LogP contribution in [0.2, 0.25) is 0 Å². The Hall–Kier alpha value is -2.01. The number of rotatable bonds is 3. The molecule has 2 aromatic rings. The van der Waals surface area contributed by atoms with Crippen molar-refractivity contribution in [3.8, 4) is 11.6 Å². The zero-order chi connectivity index (χ0) is 13.1. The third-order valence-corrected chi connectivity index (χ3v) is 3.62. The Labute approximate surface area is 116 Å². The summed E-state index contributed by atoms with van der Waals surface area (Å²) in [6.07, 6.45) is 1.72. The summed E-state index contributed by atoms with van der Waals surface area (Å²) in [4.78, 5) is 10.8. The van der Waals surface area contributed by atoms with Gasteiger partial charge in [-0.2, -0.15) is 4.98 Å². The first-order valence-corrected chi connectivity index (χ1v) is 7.00. The topological polar surface area (TPSA) is 38.2 Å². The second-order valence-corrected chi connectivity index (χ2v) is 4.92. The van der Waals surface area contributed by atoms with Crippen molar-refractivity contribution in [1.29, 1.82) is 0 Å². The largest absolute Gasteiger partial charge is 0.439 e. The predicted molar refractivity (Wildman–Crippen MR) is 77.2 cm³/mol. The van der Waals surface area contributed by atoms with Gasteiger partial charge in [0.15, 0.2) is 0 Å². The van der Waals surface area contributed by atoms with Crippen molar-refractivity contribution in [1.82, 2.24) is 9.97 Å². The molecular weight excluding hydrogens is 258 g/mol. The lowest BCUT2D eigenvalue weighted by atomic mass is 10.3. The summed E-state index contributed by atoms with van der Waals surface area (Å²) in [7, 11) is 0. The van der Waals surface area contributed by atoms with Crippen molar-refractivity contribution in [3.05, 3.63) is 53.7 Å². The maximum Gasteiger partial charge on any atom is 0.233 e. The van der Waals surface area contributed by atoms with Crippen LogP contribution >= 0.6 is 11.8 Å². The van der Waals surface area contributed by atoms with Gasteiger partial charge in [0, 0.05) is 18.0 Å². The van der Waals surface area contributed by atoms with Crippen LogP contribution in [0.4, 0.5) is 5.95 Å². The number of benzene rings is 1. The number of para-hydroxylation sites is 1. The maximum absolute atomic E-state index is 5.71. The van der Waals surface area contributed by atoms with E-state index >= 15 is 0 Å². The summed E-state index contributed by atoms with van der Waals surface area (Å²) in [5.74, 6) is 2.85. The normalized spacial score (nSPS) is 14.4. The average molecular weight is 271 g/mol. The number of hydrogen-bond donors (Lipinski definition) is 0. The smallest absolute Gasteiger partial charge is 0.233 e. The molecule has 0 saturated carbocycles. The number of hydrogen-bond acceptors (Lipinski definition) is 5. The molecule has 3 rings (SSSR count). The Bertz CT molecular complexity index is 601. The van der Waals surface area contributed by atoms with Crippen LogP contribution in [-0.4, -0.2) is 15.8 Å². The summed E-state index contributed by atoms with van der Waals surface area (Å²) in [5, 5.41) is 2.11. The molecule has 1 aromatic carbocycles. The van der Waals surface area contributed by atoms with Crippen molar-refractivity contribution in [2.75, 3.05) is 10.8 Å². The van der Waals surface area contributed by atoms with Crippen molar-refractivity contribution in [2.45, 2.75) is 6.92 Å². The molecular formula is C14H13N3OS. The number of ether oxygens (including phenoxy) is 1. The maximum atomic E-state index is 5.71. The van der Waals surface area contributed by atoms with Crippen molar-refractivity contribution < 1.29 is 4.74 Å². The molecule has 0 fully saturated rings. The molecule has 0 spiro atoms. The summed E-state index contributed by atoms with van der Waals surface area (Å²) in [6, 6.07) is 11.4. The molecule has 0 bridgehead atoms. The van der Waals surface area contributed by atoms with E-state index in [9.17, 15) is 0 Å². The Balaban J connectivity index is 1.82. The van der Waals surface area contributed by atoms with E-state index in [1.165, 1.54) is 0 Å². The fraction of sp³-hybridized carbons (Fsp3) is 0.143. The Kier molecular flexibility index (Phi) is 3.37. The molecule has 2 heterocycles. The highest BCUT2D eigenvalue weighted by Crippen LogP contribution is 2.28. The van der Waals surface area contributed by atoms with E-state index in [0.717, 1.165) is 17.3 Å². The third-order valence-electron chi connectivity index (χ3n) is 2.71. The Morgan fingerprint density at radius 3 is 2.79 bits per heavy atom. The highest BCUT2D eigenvalue weighted by Gasteiger charge is 2.16. The first-order valence-electron chi connectivity index (χ1n) is 5.95. The van der Waals surface area contributed by atoms with Crippen molar-refractivity contribution in [3.63, 3.8) is 0 Å². The highest BCUT2D eigenvalue weighted by atomic mass is 32.2. The van der Waals surface area contributed by atoms with Gasteiger partial charge >= 0.3 is 0 Å². The molecule has 1 aromatic heterocycles. The summed E-state index contributed by atoms with van der Waals surface area (Å²) < 4.78 is 5.71. The van der Waals surface area contributed by atoms with E-state index in [1.807, 2.05) is 37.3 Å². The van der Waals surface area contributed by atoms with Crippen molar-refractivity contribution in [2.24, 2.45) is 0 Å². The summed E-state index contributed by atoms with van der Waals surface area (Å²) in [5.41, 5.74) is 1.15. The Morgan fingerprint density at radius 2 is 2.05 bits per heavy atom. The average Bonchev–Trinajstić information content (AvgIpc) is 2.86. The molecule has 0 radical (unpaired) electrons. The van der Waals surface area contributed by atoms with Crippen LogP contribution in [0, 0.1) is 0 Å². The zero-order valence-electron chi connectivity index (χ0n) is 10.5. The molecule has 1 aliphatic heterocycles. The van der Waals surface area contributed by atoms with Gasteiger partial charge in [0.25, 0.3) is 0 Å². The van der Waals surface area contributed by atoms with Gasteiger partial charge in [-0.05, 0) is 24.5 Å².